The average Bonchev–Trinajstić information content (AvgIpc) is 2.90. The van der Waals surface area contributed by atoms with Crippen LogP contribution in [0.25, 0.3) is 0 Å². The summed E-state index contributed by atoms with van der Waals surface area (Å²) in [6, 6.07) is 8.07. The van der Waals surface area contributed by atoms with Crippen LogP contribution >= 0.6 is 0 Å². The van der Waals surface area contributed by atoms with E-state index < -0.39 is 6.10 Å². The van der Waals surface area contributed by atoms with Gasteiger partial charge in [-0.25, -0.2) is 9.97 Å². The minimum atomic E-state index is -0.507. The Morgan fingerprint density at radius 3 is 3.04 bits per heavy atom. The molecule has 6 nitrogen and oxygen atoms in total. The van der Waals surface area contributed by atoms with Crippen molar-refractivity contribution in [3.05, 3.63) is 46.9 Å². The van der Waals surface area contributed by atoms with E-state index in [2.05, 4.69) is 16.0 Å². The highest BCUT2D eigenvalue weighted by atomic mass is 16.5. The first-order chi connectivity index (χ1) is 11.7. The molecule has 1 aromatic carbocycles. The molecule has 24 heavy (non-hydrogen) atoms. The molecule has 2 aromatic rings. The Morgan fingerprint density at radius 2 is 2.12 bits per heavy atom. The van der Waals surface area contributed by atoms with Crippen molar-refractivity contribution in [2.45, 2.75) is 26.1 Å². The fourth-order valence-corrected chi connectivity index (χ4v) is 3.31. The van der Waals surface area contributed by atoms with Crippen LogP contribution in [-0.4, -0.2) is 47.5 Å². The molecule has 126 valence electrons. The van der Waals surface area contributed by atoms with Gasteiger partial charge in [0.25, 0.3) is 0 Å². The number of aliphatic hydroxyl groups is 1. The van der Waals surface area contributed by atoms with Gasteiger partial charge >= 0.3 is 0 Å². The number of nitrogens with zero attached hydrogens (tertiary/aromatic N) is 3. The Labute approximate surface area is 141 Å². The van der Waals surface area contributed by atoms with Crippen LogP contribution in [0.2, 0.25) is 0 Å². The molecule has 1 aromatic heterocycles. The zero-order chi connectivity index (χ0) is 16.5. The predicted molar refractivity (Wildman–Crippen MR) is 89.4 cm³/mol. The maximum absolute atomic E-state index is 10.1. The molecule has 0 saturated carbocycles. The van der Waals surface area contributed by atoms with E-state index in [1.54, 1.807) is 0 Å². The molecule has 6 heteroatoms. The second-order valence-corrected chi connectivity index (χ2v) is 6.27. The highest BCUT2D eigenvalue weighted by Crippen LogP contribution is 2.32. The fourth-order valence-electron chi connectivity index (χ4n) is 3.31. The molecular formula is C18H21N3O3. The van der Waals surface area contributed by atoms with Crippen LogP contribution in [0.4, 0.5) is 5.82 Å². The molecule has 2 aliphatic rings. The van der Waals surface area contributed by atoms with Gasteiger partial charge in [0, 0.05) is 25.1 Å². The molecule has 0 aliphatic carbocycles. The predicted octanol–water partition coefficient (Wildman–Crippen LogP) is 1.47. The van der Waals surface area contributed by atoms with Crippen LogP contribution in [-0.2, 0) is 17.8 Å². The summed E-state index contributed by atoms with van der Waals surface area (Å²) in [7, 11) is 0. The summed E-state index contributed by atoms with van der Waals surface area (Å²) in [5, 5.41) is 10.1. The van der Waals surface area contributed by atoms with Crippen LogP contribution < -0.4 is 9.64 Å². The number of benzene rings is 1. The number of hydrogen-bond acceptors (Lipinski definition) is 6. The smallest absolute Gasteiger partial charge is 0.136 e. The molecule has 1 atom stereocenters. The number of aryl methyl sites for hydroxylation is 1. The van der Waals surface area contributed by atoms with E-state index in [0.29, 0.717) is 32.9 Å². The molecule has 1 N–H and O–H groups in total. The van der Waals surface area contributed by atoms with E-state index in [-0.39, 0.29) is 0 Å². The summed E-state index contributed by atoms with van der Waals surface area (Å²) in [6.07, 6.45) is 0.224. The van der Waals surface area contributed by atoms with Crippen LogP contribution in [0, 0.1) is 6.92 Å². The monoisotopic (exact) mass is 327 g/mol. The number of aromatic nitrogens is 2. The summed E-state index contributed by atoms with van der Waals surface area (Å²) in [4.78, 5) is 11.4. The van der Waals surface area contributed by atoms with E-state index in [1.165, 1.54) is 0 Å². The lowest BCUT2D eigenvalue weighted by Crippen LogP contribution is -2.34. The third-order valence-corrected chi connectivity index (χ3v) is 4.43. The number of fused-ring (bicyclic) bond motifs is 2. The standard InChI is InChI=1S/C18H21N3O3/c1-12-19-16-11-24-17-5-3-2-4-13(17)8-15(16)18(20-12)21-6-7-23-10-14(22)9-21/h2-5,14,22H,6-11H2,1H3/t14-/m0/s1. The first-order valence-electron chi connectivity index (χ1n) is 8.28. The number of hydrogen-bond donors (Lipinski definition) is 1. The molecule has 0 spiro atoms. The minimum absolute atomic E-state index is 0.370. The zero-order valence-corrected chi connectivity index (χ0v) is 13.7. The van der Waals surface area contributed by atoms with Crippen LogP contribution in [0.15, 0.2) is 24.3 Å². The fraction of sp³-hybridized carbons (Fsp3) is 0.444. The van der Waals surface area contributed by atoms with E-state index in [1.807, 2.05) is 25.1 Å². The maximum Gasteiger partial charge on any atom is 0.136 e. The Kier molecular flexibility index (Phi) is 4.08. The van der Waals surface area contributed by atoms with Crippen molar-refractivity contribution in [3.8, 4) is 5.75 Å². The molecule has 2 aliphatic heterocycles. The summed E-state index contributed by atoms with van der Waals surface area (Å²) in [6.45, 7) is 4.52. The van der Waals surface area contributed by atoms with Crippen molar-refractivity contribution in [1.29, 1.82) is 0 Å². The Hall–Kier alpha value is -2.18. The molecule has 0 bridgehead atoms. The summed E-state index contributed by atoms with van der Waals surface area (Å²) in [5.74, 6) is 2.51. The van der Waals surface area contributed by atoms with E-state index in [0.717, 1.165) is 40.6 Å². The Bertz CT molecular complexity index is 750. The molecular weight excluding hydrogens is 306 g/mol. The lowest BCUT2D eigenvalue weighted by Gasteiger charge is -2.25. The van der Waals surface area contributed by atoms with Gasteiger partial charge in [-0.2, -0.15) is 0 Å². The first-order valence-corrected chi connectivity index (χ1v) is 8.28. The van der Waals surface area contributed by atoms with Crippen molar-refractivity contribution in [2.75, 3.05) is 31.2 Å². The number of β-amino-alcohol motifs (C(OH)–C–C–N with tert-alkyl or cyclic N) is 1. The van der Waals surface area contributed by atoms with Crippen molar-refractivity contribution in [2.24, 2.45) is 0 Å². The van der Waals surface area contributed by atoms with Crippen molar-refractivity contribution < 1.29 is 14.6 Å². The SMILES string of the molecule is Cc1nc2c(c(N3CCOC[C@@H](O)C3)n1)Cc1ccccc1OC2. The third kappa shape index (κ3) is 2.95. The second-order valence-electron chi connectivity index (χ2n) is 6.27. The van der Waals surface area contributed by atoms with E-state index in [4.69, 9.17) is 14.5 Å². The normalized spacial score (nSPS) is 20.4. The number of ether oxygens (including phenoxy) is 2. The van der Waals surface area contributed by atoms with Crippen LogP contribution in [0.5, 0.6) is 5.75 Å². The second kappa shape index (κ2) is 6.37. The van der Waals surface area contributed by atoms with Gasteiger partial charge in [0.2, 0.25) is 0 Å². The largest absolute Gasteiger partial charge is 0.487 e. The van der Waals surface area contributed by atoms with Gasteiger partial charge < -0.3 is 19.5 Å². The zero-order valence-electron chi connectivity index (χ0n) is 13.7. The van der Waals surface area contributed by atoms with Gasteiger partial charge in [-0.15, -0.1) is 0 Å². The highest BCUT2D eigenvalue weighted by Gasteiger charge is 2.25. The van der Waals surface area contributed by atoms with Gasteiger partial charge in [0.1, 0.15) is 24.0 Å². The number of para-hydroxylation sites is 1. The van der Waals surface area contributed by atoms with Crippen molar-refractivity contribution >= 4 is 5.82 Å². The number of anilines is 1. The van der Waals surface area contributed by atoms with Gasteiger partial charge in [0.15, 0.2) is 0 Å². The van der Waals surface area contributed by atoms with Crippen LogP contribution in [0.3, 0.4) is 0 Å². The quantitative estimate of drug-likeness (QED) is 0.855. The highest BCUT2D eigenvalue weighted by molar-refractivity contribution is 5.54. The number of aliphatic hydroxyl groups excluding tert-OH is 1. The third-order valence-electron chi connectivity index (χ3n) is 4.43. The van der Waals surface area contributed by atoms with Gasteiger partial charge in [-0.05, 0) is 18.6 Å². The van der Waals surface area contributed by atoms with Gasteiger partial charge in [-0.1, -0.05) is 18.2 Å². The minimum Gasteiger partial charge on any atom is -0.487 e. The average molecular weight is 327 g/mol. The molecule has 1 fully saturated rings. The molecule has 0 radical (unpaired) electrons. The van der Waals surface area contributed by atoms with Crippen molar-refractivity contribution in [1.82, 2.24) is 9.97 Å². The van der Waals surface area contributed by atoms with Crippen molar-refractivity contribution in [3.63, 3.8) is 0 Å². The summed E-state index contributed by atoms with van der Waals surface area (Å²) < 4.78 is 11.4. The van der Waals surface area contributed by atoms with Gasteiger partial charge in [0.05, 0.1) is 25.0 Å². The molecule has 0 unspecified atom stereocenters. The maximum atomic E-state index is 10.1. The summed E-state index contributed by atoms with van der Waals surface area (Å²) in [5.41, 5.74) is 3.14. The molecule has 3 heterocycles. The Balaban J connectivity index is 1.77. The van der Waals surface area contributed by atoms with Crippen LogP contribution in [0.1, 0.15) is 22.6 Å². The summed E-state index contributed by atoms with van der Waals surface area (Å²) >= 11 is 0. The lowest BCUT2D eigenvalue weighted by molar-refractivity contribution is 0.0597. The Morgan fingerprint density at radius 1 is 1.25 bits per heavy atom. The van der Waals surface area contributed by atoms with E-state index >= 15 is 0 Å². The topological polar surface area (TPSA) is 67.7 Å². The van der Waals surface area contributed by atoms with Gasteiger partial charge in [-0.3, -0.25) is 0 Å². The molecule has 1 saturated heterocycles. The molecule has 4 rings (SSSR count). The number of rotatable bonds is 1. The van der Waals surface area contributed by atoms with E-state index in [9.17, 15) is 5.11 Å². The first kappa shape index (κ1) is 15.4. The molecule has 0 amide bonds. The lowest BCUT2D eigenvalue weighted by atomic mass is 10.0.